The molecule has 2 N–H and O–H groups in total. The molecule has 15 heavy (non-hydrogen) atoms. The molecule has 1 unspecified atom stereocenters. The SMILES string of the molecule is O=C(COCC1CNCCO1)NC1CC1. The van der Waals surface area contributed by atoms with Crippen LogP contribution in [-0.2, 0) is 14.3 Å². The van der Waals surface area contributed by atoms with Crippen molar-refractivity contribution in [3.63, 3.8) is 0 Å². The van der Waals surface area contributed by atoms with Crippen molar-refractivity contribution < 1.29 is 14.3 Å². The van der Waals surface area contributed by atoms with Crippen LogP contribution in [-0.4, -0.2) is 51.0 Å². The van der Waals surface area contributed by atoms with E-state index >= 15 is 0 Å². The van der Waals surface area contributed by atoms with Gasteiger partial charge >= 0.3 is 0 Å². The van der Waals surface area contributed by atoms with Gasteiger partial charge in [0.25, 0.3) is 0 Å². The first-order chi connectivity index (χ1) is 7.34. The zero-order valence-electron chi connectivity index (χ0n) is 8.83. The summed E-state index contributed by atoms with van der Waals surface area (Å²) < 4.78 is 10.7. The molecule has 1 amide bonds. The predicted molar refractivity (Wildman–Crippen MR) is 54.6 cm³/mol. The molecular formula is C10H18N2O3. The number of amides is 1. The van der Waals surface area contributed by atoms with Crippen LogP contribution >= 0.6 is 0 Å². The Hall–Kier alpha value is -0.650. The molecule has 0 bridgehead atoms. The Labute approximate surface area is 89.5 Å². The van der Waals surface area contributed by atoms with E-state index < -0.39 is 0 Å². The van der Waals surface area contributed by atoms with Gasteiger partial charge in [-0.2, -0.15) is 0 Å². The third-order valence-electron chi connectivity index (χ3n) is 2.48. The highest BCUT2D eigenvalue weighted by atomic mass is 16.5. The van der Waals surface area contributed by atoms with Crippen LogP contribution in [0.1, 0.15) is 12.8 Å². The predicted octanol–water partition coefficient (Wildman–Crippen LogP) is -0.730. The second-order valence-electron chi connectivity index (χ2n) is 4.05. The second kappa shape index (κ2) is 5.44. The van der Waals surface area contributed by atoms with Gasteiger partial charge in [0.15, 0.2) is 0 Å². The monoisotopic (exact) mass is 214 g/mol. The average molecular weight is 214 g/mol. The van der Waals surface area contributed by atoms with Gasteiger partial charge in [0, 0.05) is 19.1 Å². The number of rotatable bonds is 5. The number of nitrogens with one attached hydrogen (secondary N) is 2. The van der Waals surface area contributed by atoms with Crippen molar-refractivity contribution in [2.45, 2.75) is 25.0 Å². The molecule has 0 aromatic carbocycles. The minimum atomic E-state index is -0.0127. The lowest BCUT2D eigenvalue weighted by Gasteiger charge is -2.23. The van der Waals surface area contributed by atoms with Crippen molar-refractivity contribution in [3.8, 4) is 0 Å². The van der Waals surface area contributed by atoms with Crippen molar-refractivity contribution in [1.82, 2.24) is 10.6 Å². The molecule has 1 aliphatic heterocycles. The summed E-state index contributed by atoms with van der Waals surface area (Å²) in [5.41, 5.74) is 0. The minimum absolute atomic E-state index is 0.0127. The number of hydrogen-bond acceptors (Lipinski definition) is 4. The number of carbonyl (C=O) groups is 1. The summed E-state index contributed by atoms with van der Waals surface area (Å²) in [6.07, 6.45) is 2.32. The average Bonchev–Trinajstić information content (AvgIpc) is 3.03. The summed E-state index contributed by atoms with van der Waals surface area (Å²) in [5, 5.41) is 6.08. The van der Waals surface area contributed by atoms with Gasteiger partial charge in [-0.15, -0.1) is 0 Å². The highest BCUT2D eigenvalue weighted by Crippen LogP contribution is 2.18. The fourth-order valence-electron chi connectivity index (χ4n) is 1.51. The Morgan fingerprint density at radius 1 is 1.53 bits per heavy atom. The van der Waals surface area contributed by atoms with Crippen molar-refractivity contribution in [3.05, 3.63) is 0 Å². The molecule has 1 heterocycles. The van der Waals surface area contributed by atoms with Crippen LogP contribution in [0.2, 0.25) is 0 Å². The molecule has 1 saturated carbocycles. The Bertz CT molecular complexity index is 213. The topological polar surface area (TPSA) is 59.6 Å². The highest BCUT2D eigenvalue weighted by Gasteiger charge is 2.23. The van der Waals surface area contributed by atoms with E-state index in [4.69, 9.17) is 9.47 Å². The van der Waals surface area contributed by atoms with Crippen LogP contribution in [0.25, 0.3) is 0 Å². The number of hydrogen-bond donors (Lipinski definition) is 2. The van der Waals surface area contributed by atoms with Gasteiger partial charge in [-0.25, -0.2) is 0 Å². The summed E-state index contributed by atoms with van der Waals surface area (Å²) in [6, 6.07) is 0.411. The number of carbonyl (C=O) groups excluding carboxylic acids is 1. The van der Waals surface area contributed by atoms with Crippen LogP contribution < -0.4 is 10.6 Å². The third kappa shape index (κ3) is 4.15. The van der Waals surface area contributed by atoms with Crippen molar-refractivity contribution >= 4 is 5.91 Å². The molecule has 5 nitrogen and oxygen atoms in total. The zero-order valence-corrected chi connectivity index (χ0v) is 8.83. The molecule has 1 atom stereocenters. The summed E-state index contributed by atoms with van der Waals surface area (Å²) in [7, 11) is 0. The molecule has 2 fully saturated rings. The Balaban J connectivity index is 1.51. The molecule has 1 saturated heterocycles. The van der Waals surface area contributed by atoms with Gasteiger partial charge < -0.3 is 20.1 Å². The van der Waals surface area contributed by atoms with E-state index in [0.717, 1.165) is 32.5 Å². The fraction of sp³-hybridized carbons (Fsp3) is 0.900. The first kappa shape index (κ1) is 10.9. The van der Waals surface area contributed by atoms with Gasteiger partial charge in [-0.1, -0.05) is 0 Å². The molecule has 2 rings (SSSR count). The van der Waals surface area contributed by atoms with Crippen molar-refractivity contribution in [1.29, 1.82) is 0 Å². The molecule has 0 aromatic rings. The zero-order chi connectivity index (χ0) is 10.5. The Kier molecular flexibility index (Phi) is 3.94. The maximum Gasteiger partial charge on any atom is 0.246 e. The lowest BCUT2D eigenvalue weighted by Crippen LogP contribution is -2.41. The smallest absolute Gasteiger partial charge is 0.246 e. The van der Waals surface area contributed by atoms with E-state index in [0.29, 0.717) is 12.6 Å². The highest BCUT2D eigenvalue weighted by molar-refractivity contribution is 5.77. The lowest BCUT2D eigenvalue weighted by atomic mass is 10.3. The quantitative estimate of drug-likeness (QED) is 0.633. The summed E-state index contributed by atoms with van der Waals surface area (Å²) in [6.45, 7) is 3.08. The van der Waals surface area contributed by atoms with E-state index in [2.05, 4.69) is 10.6 Å². The molecule has 2 aliphatic rings. The van der Waals surface area contributed by atoms with Crippen LogP contribution in [0.3, 0.4) is 0 Å². The van der Waals surface area contributed by atoms with Gasteiger partial charge in [-0.3, -0.25) is 4.79 Å². The molecule has 0 spiro atoms. The third-order valence-corrected chi connectivity index (χ3v) is 2.48. The first-order valence-electron chi connectivity index (χ1n) is 5.54. The summed E-state index contributed by atoms with van der Waals surface area (Å²) in [5.74, 6) is -0.0127. The van der Waals surface area contributed by atoms with E-state index in [9.17, 15) is 4.79 Å². The van der Waals surface area contributed by atoms with Crippen LogP contribution in [0.5, 0.6) is 0 Å². The number of morpholine rings is 1. The molecule has 5 heteroatoms. The maximum absolute atomic E-state index is 11.2. The second-order valence-corrected chi connectivity index (χ2v) is 4.05. The van der Waals surface area contributed by atoms with E-state index in [1.807, 2.05) is 0 Å². The minimum Gasteiger partial charge on any atom is -0.373 e. The maximum atomic E-state index is 11.2. The molecule has 1 aliphatic carbocycles. The van der Waals surface area contributed by atoms with E-state index in [1.54, 1.807) is 0 Å². The van der Waals surface area contributed by atoms with Crippen molar-refractivity contribution in [2.75, 3.05) is 32.9 Å². The summed E-state index contributed by atoms with van der Waals surface area (Å²) >= 11 is 0. The molecule has 0 aromatic heterocycles. The largest absolute Gasteiger partial charge is 0.373 e. The van der Waals surface area contributed by atoms with Crippen LogP contribution in [0.15, 0.2) is 0 Å². The van der Waals surface area contributed by atoms with Gasteiger partial charge in [0.1, 0.15) is 6.61 Å². The fourth-order valence-corrected chi connectivity index (χ4v) is 1.51. The van der Waals surface area contributed by atoms with E-state index in [-0.39, 0.29) is 18.6 Å². The normalized spacial score (nSPS) is 26.3. The Morgan fingerprint density at radius 3 is 3.07 bits per heavy atom. The molecular weight excluding hydrogens is 196 g/mol. The van der Waals surface area contributed by atoms with Gasteiger partial charge in [-0.05, 0) is 12.8 Å². The van der Waals surface area contributed by atoms with Gasteiger partial charge in [0.05, 0.1) is 19.3 Å². The van der Waals surface area contributed by atoms with Crippen LogP contribution in [0.4, 0.5) is 0 Å². The van der Waals surface area contributed by atoms with Crippen LogP contribution in [0, 0.1) is 0 Å². The lowest BCUT2D eigenvalue weighted by molar-refractivity contribution is -0.127. The molecule has 86 valence electrons. The van der Waals surface area contributed by atoms with Crippen molar-refractivity contribution in [2.24, 2.45) is 0 Å². The van der Waals surface area contributed by atoms with Gasteiger partial charge in [0.2, 0.25) is 5.91 Å². The summed E-state index contributed by atoms with van der Waals surface area (Å²) in [4.78, 5) is 11.2. The van der Waals surface area contributed by atoms with E-state index in [1.165, 1.54) is 0 Å². The molecule has 0 radical (unpaired) electrons. The Morgan fingerprint density at radius 2 is 2.40 bits per heavy atom. The first-order valence-corrected chi connectivity index (χ1v) is 5.54. The number of ether oxygens (including phenoxy) is 2. The standard InChI is InChI=1S/C10H18N2O3/c13-10(12-8-1-2-8)7-14-6-9-5-11-3-4-15-9/h8-9,11H,1-7H2,(H,12,13).